The maximum absolute atomic E-state index is 12.1. The summed E-state index contributed by atoms with van der Waals surface area (Å²) in [6.07, 6.45) is 2.05. The summed E-state index contributed by atoms with van der Waals surface area (Å²) >= 11 is 0. The predicted molar refractivity (Wildman–Crippen MR) is 68.3 cm³/mol. The van der Waals surface area contributed by atoms with Crippen molar-refractivity contribution in [3.8, 4) is 0 Å². The molecule has 0 bridgehead atoms. The van der Waals surface area contributed by atoms with Gasteiger partial charge in [0.1, 0.15) is 0 Å². The summed E-state index contributed by atoms with van der Waals surface area (Å²) in [5.74, 6) is 0.0854. The van der Waals surface area contributed by atoms with Gasteiger partial charge in [0.15, 0.2) is 0 Å². The van der Waals surface area contributed by atoms with E-state index < -0.39 is 0 Å². The van der Waals surface area contributed by atoms with Gasteiger partial charge in [0.05, 0.1) is 18.2 Å². The first-order chi connectivity index (χ1) is 8.48. The van der Waals surface area contributed by atoms with Crippen LogP contribution < -0.4 is 10.6 Å². The average molecular weight is 256 g/mol. The number of rotatable bonds is 4. The van der Waals surface area contributed by atoms with Crippen molar-refractivity contribution in [3.63, 3.8) is 0 Å². The van der Waals surface area contributed by atoms with E-state index in [0.29, 0.717) is 0 Å². The van der Waals surface area contributed by atoms with Crippen LogP contribution in [0.5, 0.6) is 0 Å². The molecule has 0 aromatic rings. The lowest BCUT2D eigenvalue weighted by atomic mass is 9.64. The fourth-order valence-electron chi connectivity index (χ4n) is 2.89. The standard InChI is InChI=1S/C13H24N2O3/c1-13(2)10(6-11(13)18-4)15-12(16)9-5-8(17-3)7-14-9/h8-11,14H,5-7H2,1-4H3,(H,15,16). The molecule has 5 nitrogen and oxygen atoms in total. The Balaban J connectivity index is 1.83. The molecule has 0 spiro atoms. The Kier molecular flexibility index (Phi) is 3.94. The van der Waals surface area contributed by atoms with Gasteiger partial charge >= 0.3 is 0 Å². The second-order valence-corrected chi connectivity index (χ2v) is 5.90. The van der Waals surface area contributed by atoms with E-state index >= 15 is 0 Å². The van der Waals surface area contributed by atoms with Gasteiger partial charge in [-0.15, -0.1) is 0 Å². The van der Waals surface area contributed by atoms with Crippen molar-refractivity contribution in [3.05, 3.63) is 0 Å². The highest BCUT2D eigenvalue weighted by molar-refractivity contribution is 5.82. The van der Waals surface area contributed by atoms with Gasteiger partial charge in [0.2, 0.25) is 5.91 Å². The van der Waals surface area contributed by atoms with E-state index in [9.17, 15) is 4.79 Å². The van der Waals surface area contributed by atoms with Crippen molar-refractivity contribution >= 4 is 5.91 Å². The number of ether oxygens (including phenoxy) is 2. The first kappa shape index (κ1) is 13.8. The molecule has 1 aliphatic heterocycles. The molecule has 1 aliphatic carbocycles. The number of carbonyl (C=O) groups excluding carboxylic acids is 1. The van der Waals surface area contributed by atoms with Gasteiger partial charge in [-0.1, -0.05) is 13.8 Å². The highest BCUT2D eigenvalue weighted by Gasteiger charge is 2.49. The number of nitrogens with one attached hydrogen (secondary N) is 2. The van der Waals surface area contributed by atoms with Crippen molar-refractivity contribution in [2.24, 2.45) is 5.41 Å². The molecular formula is C13H24N2O3. The summed E-state index contributed by atoms with van der Waals surface area (Å²) in [6, 6.07) is 0.0886. The summed E-state index contributed by atoms with van der Waals surface area (Å²) in [5, 5.41) is 6.32. The second-order valence-electron chi connectivity index (χ2n) is 5.90. The molecule has 4 unspecified atom stereocenters. The third-order valence-electron chi connectivity index (χ3n) is 4.52. The van der Waals surface area contributed by atoms with Crippen LogP contribution in [0, 0.1) is 5.41 Å². The van der Waals surface area contributed by atoms with Crippen LogP contribution >= 0.6 is 0 Å². The molecule has 1 saturated heterocycles. The molecule has 18 heavy (non-hydrogen) atoms. The van der Waals surface area contributed by atoms with Crippen LogP contribution in [0.3, 0.4) is 0 Å². The summed E-state index contributed by atoms with van der Waals surface area (Å²) in [6.45, 7) is 5.02. The lowest BCUT2D eigenvalue weighted by molar-refractivity contribution is -0.134. The Morgan fingerprint density at radius 2 is 2.00 bits per heavy atom. The third-order valence-corrected chi connectivity index (χ3v) is 4.52. The molecule has 2 rings (SSSR count). The molecule has 1 heterocycles. The minimum Gasteiger partial charge on any atom is -0.381 e. The summed E-state index contributed by atoms with van der Waals surface area (Å²) < 4.78 is 10.6. The van der Waals surface area contributed by atoms with Crippen LogP contribution in [-0.2, 0) is 14.3 Å². The van der Waals surface area contributed by atoms with E-state index in [2.05, 4.69) is 24.5 Å². The fraction of sp³-hybridized carbons (Fsp3) is 0.923. The number of methoxy groups -OCH3 is 2. The minimum absolute atomic E-state index is 0.0175. The Morgan fingerprint density at radius 1 is 1.28 bits per heavy atom. The van der Waals surface area contributed by atoms with Crippen molar-refractivity contribution in [2.75, 3.05) is 20.8 Å². The molecule has 0 radical (unpaired) electrons. The van der Waals surface area contributed by atoms with Gasteiger partial charge in [0, 0.05) is 32.2 Å². The number of hydrogen-bond acceptors (Lipinski definition) is 4. The monoisotopic (exact) mass is 256 g/mol. The van der Waals surface area contributed by atoms with Gasteiger partial charge in [-0.2, -0.15) is 0 Å². The molecule has 104 valence electrons. The maximum Gasteiger partial charge on any atom is 0.237 e. The van der Waals surface area contributed by atoms with E-state index in [-0.39, 0.29) is 35.6 Å². The lowest BCUT2D eigenvalue weighted by Gasteiger charge is -2.51. The summed E-state index contributed by atoms with van der Waals surface area (Å²) in [7, 11) is 3.41. The molecule has 4 atom stereocenters. The van der Waals surface area contributed by atoms with Gasteiger partial charge in [0.25, 0.3) is 0 Å². The van der Waals surface area contributed by atoms with Gasteiger partial charge in [-0.25, -0.2) is 0 Å². The van der Waals surface area contributed by atoms with Crippen LogP contribution in [0.2, 0.25) is 0 Å². The third kappa shape index (κ3) is 2.39. The van der Waals surface area contributed by atoms with Crippen molar-refractivity contribution < 1.29 is 14.3 Å². The molecule has 0 aromatic carbocycles. The van der Waals surface area contributed by atoms with Crippen LogP contribution in [0.25, 0.3) is 0 Å². The first-order valence-electron chi connectivity index (χ1n) is 6.58. The van der Waals surface area contributed by atoms with Gasteiger partial charge in [-0.05, 0) is 12.8 Å². The van der Waals surface area contributed by atoms with Crippen LogP contribution in [0.1, 0.15) is 26.7 Å². The molecular weight excluding hydrogens is 232 g/mol. The maximum atomic E-state index is 12.1. The quantitative estimate of drug-likeness (QED) is 0.759. The van der Waals surface area contributed by atoms with Crippen molar-refractivity contribution in [1.29, 1.82) is 0 Å². The topological polar surface area (TPSA) is 59.6 Å². The predicted octanol–water partition coefficient (Wildman–Crippen LogP) is 0.293. The number of hydrogen-bond donors (Lipinski definition) is 2. The molecule has 2 N–H and O–H groups in total. The van der Waals surface area contributed by atoms with Crippen LogP contribution in [-0.4, -0.2) is 51.0 Å². The van der Waals surface area contributed by atoms with Crippen LogP contribution in [0.15, 0.2) is 0 Å². The van der Waals surface area contributed by atoms with Crippen molar-refractivity contribution in [2.45, 2.75) is 51.0 Å². The zero-order valence-electron chi connectivity index (χ0n) is 11.7. The average Bonchev–Trinajstić information content (AvgIpc) is 2.82. The lowest BCUT2D eigenvalue weighted by Crippen LogP contribution is -2.63. The Bertz CT molecular complexity index is 319. The Hall–Kier alpha value is -0.650. The fourth-order valence-corrected chi connectivity index (χ4v) is 2.89. The highest BCUT2D eigenvalue weighted by Crippen LogP contribution is 2.42. The normalized spacial score (nSPS) is 38.2. The van der Waals surface area contributed by atoms with Crippen LogP contribution in [0.4, 0.5) is 0 Å². The minimum atomic E-state index is -0.118. The molecule has 0 aromatic heterocycles. The first-order valence-corrected chi connectivity index (χ1v) is 6.58. The van der Waals surface area contributed by atoms with Crippen molar-refractivity contribution in [1.82, 2.24) is 10.6 Å². The Morgan fingerprint density at radius 3 is 2.50 bits per heavy atom. The van der Waals surface area contributed by atoms with Gasteiger partial charge in [-0.3, -0.25) is 4.79 Å². The largest absolute Gasteiger partial charge is 0.381 e. The van der Waals surface area contributed by atoms with E-state index in [4.69, 9.17) is 9.47 Å². The number of carbonyl (C=O) groups is 1. The smallest absolute Gasteiger partial charge is 0.237 e. The zero-order valence-corrected chi connectivity index (χ0v) is 11.7. The number of amides is 1. The SMILES string of the molecule is COC1CNC(C(=O)NC2CC(OC)C2(C)C)C1. The highest BCUT2D eigenvalue weighted by atomic mass is 16.5. The van der Waals surface area contributed by atoms with Gasteiger partial charge < -0.3 is 20.1 Å². The molecule has 1 amide bonds. The molecule has 1 saturated carbocycles. The van der Waals surface area contributed by atoms with E-state index in [1.54, 1.807) is 14.2 Å². The van der Waals surface area contributed by atoms with E-state index in [0.717, 1.165) is 19.4 Å². The zero-order chi connectivity index (χ0) is 13.3. The molecule has 2 aliphatic rings. The molecule has 5 heteroatoms. The molecule has 2 fully saturated rings. The summed E-state index contributed by atoms with van der Waals surface area (Å²) in [5.41, 5.74) is 0.0175. The summed E-state index contributed by atoms with van der Waals surface area (Å²) in [4.78, 5) is 12.1. The Labute approximate surface area is 109 Å². The second kappa shape index (κ2) is 5.15. The van der Waals surface area contributed by atoms with E-state index in [1.165, 1.54) is 0 Å². The van der Waals surface area contributed by atoms with E-state index in [1.807, 2.05) is 0 Å².